The molecule has 1 aromatic carbocycles. The lowest BCUT2D eigenvalue weighted by Gasteiger charge is -2.18. The average molecular weight is 348 g/mol. The fourth-order valence-corrected chi connectivity index (χ4v) is 3.29. The van der Waals surface area contributed by atoms with Gasteiger partial charge in [0.15, 0.2) is 17.4 Å². The van der Waals surface area contributed by atoms with Gasteiger partial charge in [0.2, 0.25) is 0 Å². The van der Waals surface area contributed by atoms with Crippen LogP contribution in [0.2, 0.25) is 0 Å². The number of benzene rings is 1. The first-order valence-corrected chi connectivity index (χ1v) is 9.05. The Morgan fingerprint density at radius 3 is 2.65 bits per heavy atom. The quantitative estimate of drug-likeness (QED) is 0.530. The van der Waals surface area contributed by atoms with Gasteiger partial charge < -0.3 is 10.6 Å². The predicted molar refractivity (Wildman–Crippen MR) is 103 cm³/mol. The Bertz CT molecular complexity index is 895. The van der Waals surface area contributed by atoms with Gasteiger partial charge in [-0.15, -0.1) is 10.2 Å². The summed E-state index contributed by atoms with van der Waals surface area (Å²) in [7, 11) is 1.80. The lowest BCUT2D eigenvalue weighted by Crippen LogP contribution is -2.40. The van der Waals surface area contributed by atoms with E-state index in [-0.39, 0.29) is 0 Å². The normalized spacial score (nSPS) is 15.8. The number of guanidine groups is 1. The molecule has 0 atom stereocenters. The molecule has 0 bridgehead atoms. The minimum absolute atomic E-state index is 0.362. The maximum Gasteiger partial charge on any atom is 0.191 e. The Hall–Kier alpha value is -2.89. The van der Waals surface area contributed by atoms with Crippen LogP contribution in [-0.2, 0) is 13.0 Å². The van der Waals surface area contributed by atoms with Gasteiger partial charge in [0, 0.05) is 19.8 Å². The minimum atomic E-state index is 0.362. The first kappa shape index (κ1) is 16.6. The van der Waals surface area contributed by atoms with Crippen molar-refractivity contribution in [1.82, 2.24) is 25.2 Å². The molecule has 1 aliphatic rings. The van der Waals surface area contributed by atoms with Crippen molar-refractivity contribution in [2.24, 2.45) is 10.4 Å². The molecule has 1 saturated carbocycles. The van der Waals surface area contributed by atoms with Crippen molar-refractivity contribution in [3.05, 3.63) is 66.1 Å². The van der Waals surface area contributed by atoms with E-state index in [4.69, 9.17) is 0 Å². The van der Waals surface area contributed by atoms with Crippen molar-refractivity contribution >= 4 is 11.6 Å². The Balaban J connectivity index is 1.32. The molecule has 6 heteroatoms. The van der Waals surface area contributed by atoms with Crippen LogP contribution < -0.4 is 10.6 Å². The van der Waals surface area contributed by atoms with Gasteiger partial charge in [0.1, 0.15) is 0 Å². The van der Waals surface area contributed by atoms with Crippen molar-refractivity contribution < 1.29 is 0 Å². The highest BCUT2D eigenvalue weighted by molar-refractivity contribution is 5.79. The first-order valence-electron chi connectivity index (χ1n) is 9.05. The summed E-state index contributed by atoms with van der Waals surface area (Å²) in [6, 6.07) is 16.6. The van der Waals surface area contributed by atoms with Crippen molar-refractivity contribution in [1.29, 1.82) is 0 Å². The molecule has 2 aromatic heterocycles. The summed E-state index contributed by atoms with van der Waals surface area (Å²) in [4.78, 5) is 4.34. The molecule has 0 amide bonds. The van der Waals surface area contributed by atoms with E-state index in [9.17, 15) is 0 Å². The fourth-order valence-electron chi connectivity index (χ4n) is 3.29. The van der Waals surface area contributed by atoms with E-state index in [0.717, 1.165) is 30.4 Å². The number of hydrogen-bond donors (Lipinski definition) is 2. The lowest BCUT2D eigenvalue weighted by molar-refractivity contribution is 0.492. The highest BCUT2D eigenvalue weighted by Gasteiger charge is 2.42. The summed E-state index contributed by atoms with van der Waals surface area (Å²) in [6.45, 7) is 1.51. The number of aromatic nitrogens is 3. The zero-order valence-corrected chi connectivity index (χ0v) is 15.0. The van der Waals surface area contributed by atoms with Crippen LogP contribution in [0.1, 0.15) is 24.2 Å². The van der Waals surface area contributed by atoms with Gasteiger partial charge in [-0.3, -0.25) is 9.39 Å². The zero-order chi connectivity index (χ0) is 17.8. The average Bonchev–Trinajstić information content (AvgIpc) is 3.32. The van der Waals surface area contributed by atoms with Crippen molar-refractivity contribution in [2.75, 3.05) is 13.6 Å². The van der Waals surface area contributed by atoms with E-state index in [2.05, 4.69) is 56.2 Å². The number of hydrogen-bond acceptors (Lipinski definition) is 3. The van der Waals surface area contributed by atoms with Crippen LogP contribution in [0.25, 0.3) is 5.65 Å². The van der Waals surface area contributed by atoms with Crippen LogP contribution in [0.3, 0.4) is 0 Å². The van der Waals surface area contributed by atoms with E-state index in [1.807, 2.05) is 28.8 Å². The van der Waals surface area contributed by atoms with Crippen LogP contribution in [0.4, 0.5) is 0 Å². The molecule has 2 N–H and O–H groups in total. The third-order valence-corrected chi connectivity index (χ3v) is 5.03. The number of fused-ring (bicyclic) bond motifs is 1. The van der Waals surface area contributed by atoms with Gasteiger partial charge in [-0.2, -0.15) is 0 Å². The largest absolute Gasteiger partial charge is 0.356 e. The third-order valence-electron chi connectivity index (χ3n) is 5.03. The van der Waals surface area contributed by atoms with E-state index >= 15 is 0 Å². The molecule has 2 heterocycles. The Labute approximate surface area is 153 Å². The number of nitrogens with zero attached hydrogens (tertiary/aromatic N) is 4. The summed E-state index contributed by atoms with van der Waals surface area (Å²) in [6.07, 6.45) is 5.62. The maximum atomic E-state index is 4.34. The van der Waals surface area contributed by atoms with E-state index in [1.165, 1.54) is 18.4 Å². The van der Waals surface area contributed by atoms with E-state index < -0.39 is 0 Å². The van der Waals surface area contributed by atoms with Crippen LogP contribution in [0.15, 0.2) is 59.7 Å². The van der Waals surface area contributed by atoms with Gasteiger partial charge in [-0.25, -0.2) is 0 Å². The zero-order valence-electron chi connectivity index (χ0n) is 15.0. The molecular weight excluding hydrogens is 324 g/mol. The predicted octanol–water partition coefficient (Wildman–Crippen LogP) is 2.42. The van der Waals surface area contributed by atoms with Crippen LogP contribution >= 0.6 is 0 Å². The number of aliphatic imine (C=N–C) groups is 1. The maximum absolute atomic E-state index is 4.34. The molecule has 3 aromatic rings. The molecule has 6 nitrogen and oxygen atoms in total. The highest BCUT2D eigenvalue weighted by atomic mass is 15.3. The fraction of sp³-hybridized carbons (Fsp3) is 0.350. The second kappa shape index (κ2) is 7.15. The molecule has 0 unspecified atom stereocenters. The minimum Gasteiger partial charge on any atom is -0.356 e. The van der Waals surface area contributed by atoms with Crippen LogP contribution in [0, 0.1) is 5.41 Å². The Morgan fingerprint density at radius 2 is 1.88 bits per heavy atom. The molecule has 26 heavy (non-hydrogen) atoms. The summed E-state index contributed by atoms with van der Waals surface area (Å²) in [5, 5.41) is 15.3. The summed E-state index contributed by atoms with van der Waals surface area (Å²) >= 11 is 0. The van der Waals surface area contributed by atoms with E-state index in [0.29, 0.717) is 12.0 Å². The number of pyridine rings is 1. The number of nitrogens with one attached hydrogen (secondary N) is 2. The van der Waals surface area contributed by atoms with Gasteiger partial charge in [0.25, 0.3) is 0 Å². The van der Waals surface area contributed by atoms with Crippen molar-refractivity contribution in [3.63, 3.8) is 0 Å². The van der Waals surface area contributed by atoms with Gasteiger partial charge in [-0.05, 0) is 42.4 Å². The Morgan fingerprint density at radius 1 is 1.08 bits per heavy atom. The molecule has 1 fully saturated rings. The molecule has 0 radical (unpaired) electrons. The molecule has 4 rings (SSSR count). The molecule has 0 saturated heterocycles. The summed E-state index contributed by atoms with van der Waals surface area (Å²) in [5.41, 5.74) is 2.62. The summed E-state index contributed by atoms with van der Waals surface area (Å²) in [5.74, 6) is 1.67. The highest BCUT2D eigenvalue weighted by Crippen LogP contribution is 2.47. The molecular formula is C20H24N6. The van der Waals surface area contributed by atoms with Gasteiger partial charge >= 0.3 is 0 Å². The van der Waals surface area contributed by atoms with E-state index in [1.54, 1.807) is 7.05 Å². The molecule has 134 valence electrons. The number of rotatable bonds is 6. The van der Waals surface area contributed by atoms with Crippen molar-refractivity contribution in [2.45, 2.75) is 25.8 Å². The monoisotopic (exact) mass is 348 g/mol. The third kappa shape index (κ3) is 3.69. The smallest absolute Gasteiger partial charge is 0.191 e. The lowest BCUT2D eigenvalue weighted by atomic mass is 9.96. The topological polar surface area (TPSA) is 66.6 Å². The standard InChI is InChI=1S/C20H24N6/c1-21-19(22-14-18-25-24-17-9-5-6-12-26(17)18)23-15-20(10-11-20)13-16-7-3-2-4-8-16/h2-9,12H,10-11,13-15H2,1H3,(H2,21,22,23). The van der Waals surface area contributed by atoms with Gasteiger partial charge in [-0.1, -0.05) is 36.4 Å². The molecule has 0 spiro atoms. The second-order valence-corrected chi connectivity index (χ2v) is 6.99. The molecule has 1 aliphatic carbocycles. The Kier molecular flexibility index (Phi) is 4.56. The van der Waals surface area contributed by atoms with Crippen LogP contribution in [0.5, 0.6) is 0 Å². The summed E-state index contributed by atoms with van der Waals surface area (Å²) < 4.78 is 1.98. The van der Waals surface area contributed by atoms with Crippen molar-refractivity contribution in [3.8, 4) is 0 Å². The van der Waals surface area contributed by atoms with Gasteiger partial charge in [0.05, 0.1) is 6.54 Å². The SMILES string of the molecule is CN=C(NCc1nnc2ccccn12)NCC1(Cc2ccccc2)CC1. The first-order chi connectivity index (χ1) is 12.8. The molecule has 0 aliphatic heterocycles. The van der Waals surface area contributed by atoms with Crippen LogP contribution in [-0.4, -0.2) is 34.2 Å². The second-order valence-electron chi connectivity index (χ2n) is 6.99.